The average molecular weight is 480 g/mol. The number of aromatic nitrogens is 4. The highest BCUT2D eigenvalue weighted by Crippen LogP contribution is 2.59. The van der Waals surface area contributed by atoms with Crippen molar-refractivity contribution in [1.29, 1.82) is 0 Å². The number of nitrogens with zero attached hydrogens (tertiary/aromatic N) is 5. The number of halogens is 3. The Morgan fingerprint density at radius 3 is 2.88 bits per heavy atom. The maximum atomic E-state index is 12.6. The van der Waals surface area contributed by atoms with E-state index in [2.05, 4.69) is 31.7 Å². The third-order valence-corrected chi connectivity index (χ3v) is 7.58. The lowest BCUT2D eigenvalue weighted by Gasteiger charge is -2.24. The van der Waals surface area contributed by atoms with Crippen LogP contribution < -0.4 is 4.74 Å². The molecule has 0 amide bonds. The Balaban J connectivity index is 1.22. The van der Waals surface area contributed by atoms with Gasteiger partial charge in [-0.2, -0.15) is 0 Å². The van der Waals surface area contributed by atoms with Gasteiger partial charge in [-0.05, 0) is 37.0 Å². The fraction of sp³-hybridized carbons (Fsp3) is 0.500. The van der Waals surface area contributed by atoms with Crippen molar-refractivity contribution in [3.8, 4) is 17.3 Å². The lowest BCUT2D eigenvalue weighted by molar-refractivity contribution is -0.274. The molecular formula is C22H24F3N5O2S. The number of oxazole rings is 1. The van der Waals surface area contributed by atoms with Gasteiger partial charge in [0.1, 0.15) is 5.75 Å². The van der Waals surface area contributed by atoms with Crippen molar-refractivity contribution in [2.45, 2.75) is 42.5 Å². The van der Waals surface area contributed by atoms with E-state index in [0.29, 0.717) is 17.5 Å². The Morgan fingerprint density at radius 2 is 2.15 bits per heavy atom. The largest absolute Gasteiger partial charge is 0.573 e. The van der Waals surface area contributed by atoms with Crippen molar-refractivity contribution in [1.82, 2.24) is 24.6 Å². The number of thioether (sulfide) groups is 1. The molecule has 33 heavy (non-hydrogen) atoms. The molecular weight excluding hydrogens is 455 g/mol. The molecule has 7 nitrogen and oxygen atoms in total. The van der Waals surface area contributed by atoms with Gasteiger partial charge in [0.2, 0.25) is 5.82 Å². The van der Waals surface area contributed by atoms with Gasteiger partial charge in [-0.1, -0.05) is 30.8 Å². The van der Waals surface area contributed by atoms with Gasteiger partial charge in [-0.3, -0.25) is 0 Å². The van der Waals surface area contributed by atoms with Crippen molar-refractivity contribution < 1.29 is 22.3 Å². The summed E-state index contributed by atoms with van der Waals surface area (Å²) >= 11 is 1.64. The monoisotopic (exact) mass is 479 g/mol. The number of ether oxygens (including phenoxy) is 1. The first-order valence-corrected chi connectivity index (χ1v) is 11.6. The first-order valence-electron chi connectivity index (χ1n) is 10.7. The lowest BCUT2D eigenvalue weighted by atomic mass is 9.95. The van der Waals surface area contributed by atoms with E-state index >= 15 is 0 Å². The fourth-order valence-corrected chi connectivity index (χ4v) is 5.87. The predicted octanol–water partition coefficient (Wildman–Crippen LogP) is 4.43. The number of alkyl halides is 3. The second kappa shape index (κ2) is 8.05. The van der Waals surface area contributed by atoms with Crippen LogP contribution in [0.5, 0.6) is 5.75 Å². The highest BCUT2D eigenvalue weighted by Gasteiger charge is 2.60. The number of hydrogen-bond donors (Lipinski definition) is 0. The van der Waals surface area contributed by atoms with Crippen LogP contribution in [0.25, 0.3) is 11.6 Å². The van der Waals surface area contributed by atoms with Crippen molar-refractivity contribution in [3.05, 3.63) is 41.9 Å². The Labute approximate surface area is 193 Å². The summed E-state index contributed by atoms with van der Waals surface area (Å²) < 4.78 is 49.3. The quantitative estimate of drug-likeness (QED) is 0.465. The summed E-state index contributed by atoms with van der Waals surface area (Å²) in [4.78, 5) is 6.50. The summed E-state index contributed by atoms with van der Waals surface area (Å²) in [5, 5.41) is 9.63. The van der Waals surface area contributed by atoms with Crippen molar-refractivity contribution in [2.24, 2.45) is 13.0 Å². The van der Waals surface area contributed by atoms with E-state index in [-0.39, 0.29) is 16.4 Å². The van der Waals surface area contributed by atoms with Crippen molar-refractivity contribution in [2.75, 3.05) is 19.6 Å². The minimum Gasteiger partial charge on any atom is -0.440 e. The Bertz CT molecular complexity index is 1160. The molecule has 3 unspecified atom stereocenters. The third kappa shape index (κ3) is 4.35. The first kappa shape index (κ1) is 22.3. The average Bonchev–Trinajstić information content (AvgIpc) is 3.01. The zero-order chi connectivity index (χ0) is 23.4. The van der Waals surface area contributed by atoms with Gasteiger partial charge in [-0.25, -0.2) is 4.98 Å². The van der Waals surface area contributed by atoms with Gasteiger partial charge in [0.05, 0.1) is 5.69 Å². The van der Waals surface area contributed by atoms with Crippen LogP contribution in [0.2, 0.25) is 0 Å². The normalized spacial score (nSPS) is 23.5. The van der Waals surface area contributed by atoms with Crippen LogP contribution in [-0.2, 0) is 12.5 Å². The number of rotatable bonds is 7. The Kier molecular flexibility index (Phi) is 5.43. The zero-order valence-electron chi connectivity index (χ0n) is 18.5. The molecule has 0 radical (unpaired) electrons. The van der Waals surface area contributed by atoms with E-state index in [1.807, 2.05) is 24.6 Å². The van der Waals surface area contributed by atoms with E-state index in [1.54, 1.807) is 23.9 Å². The molecule has 3 aromatic rings. The Morgan fingerprint density at radius 1 is 1.33 bits per heavy atom. The molecule has 2 aliphatic rings. The minimum atomic E-state index is -4.68. The summed E-state index contributed by atoms with van der Waals surface area (Å²) in [5.74, 6) is 1.57. The highest BCUT2D eigenvalue weighted by molar-refractivity contribution is 7.99. The molecule has 176 valence electrons. The maximum absolute atomic E-state index is 12.6. The third-order valence-electron chi connectivity index (χ3n) is 6.46. The van der Waals surface area contributed by atoms with Crippen LogP contribution in [0.1, 0.15) is 24.6 Å². The molecule has 3 atom stereocenters. The second-order valence-corrected chi connectivity index (χ2v) is 10.3. The van der Waals surface area contributed by atoms with E-state index in [9.17, 15) is 13.2 Å². The molecule has 5 rings (SSSR count). The van der Waals surface area contributed by atoms with Crippen LogP contribution in [0.15, 0.2) is 40.2 Å². The van der Waals surface area contributed by atoms with Crippen LogP contribution in [0.3, 0.4) is 0 Å². The molecule has 2 aromatic heterocycles. The van der Waals surface area contributed by atoms with Crippen molar-refractivity contribution in [3.63, 3.8) is 0 Å². The molecule has 1 aliphatic carbocycles. The SMILES string of the molecule is Cc1ncoc1-c1nnc(SC(C)CN2CC3CC3(c3cccc(OC(F)(F)F)c3)C2)n1C. The predicted molar refractivity (Wildman–Crippen MR) is 116 cm³/mol. The van der Waals surface area contributed by atoms with Crippen LogP contribution in [0, 0.1) is 12.8 Å². The number of hydrogen-bond acceptors (Lipinski definition) is 7. The molecule has 1 saturated carbocycles. The second-order valence-electron chi connectivity index (χ2n) is 8.89. The molecule has 1 aliphatic heterocycles. The summed E-state index contributed by atoms with van der Waals surface area (Å²) in [7, 11) is 1.91. The van der Waals surface area contributed by atoms with E-state index in [4.69, 9.17) is 4.42 Å². The van der Waals surface area contributed by atoms with Gasteiger partial charge in [0.25, 0.3) is 0 Å². The number of fused-ring (bicyclic) bond motifs is 1. The van der Waals surface area contributed by atoms with E-state index < -0.39 is 6.36 Å². The number of likely N-dealkylation sites (tertiary alicyclic amines) is 1. The molecule has 3 heterocycles. The van der Waals surface area contributed by atoms with Gasteiger partial charge in [0.15, 0.2) is 17.3 Å². The maximum Gasteiger partial charge on any atom is 0.573 e. The molecule has 1 aromatic carbocycles. The fourth-order valence-electron chi connectivity index (χ4n) is 4.89. The summed E-state index contributed by atoms with van der Waals surface area (Å²) in [6.45, 7) is 6.64. The summed E-state index contributed by atoms with van der Waals surface area (Å²) in [6.07, 6.45) is -2.28. The van der Waals surface area contributed by atoms with Gasteiger partial charge in [-0.15, -0.1) is 23.4 Å². The number of aryl methyl sites for hydroxylation is 1. The summed E-state index contributed by atoms with van der Waals surface area (Å²) in [6, 6.07) is 6.45. The highest BCUT2D eigenvalue weighted by atomic mass is 32.2. The van der Waals surface area contributed by atoms with E-state index in [0.717, 1.165) is 42.5 Å². The molecule has 0 N–H and O–H groups in total. The lowest BCUT2D eigenvalue weighted by Crippen LogP contribution is -2.32. The number of benzene rings is 1. The molecule has 11 heteroatoms. The van der Waals surface area contributed by atoms with Crippen LogP contribution in [-0.4, -0.2) is 55.9 Å². The zero-order valence-corrected chi connectivity index (χ0v) is 19.3. The first-order chi connectivity index (χ1) is 15.6. The topological polar surface area (TPSA) is 69.2 Å². The van der Waals surface area contributed by atoms with Crippen molar-refractivity contribution >= 4 is 11.8 Å². The summed E-state index contributed by atoms with van der Waals surface area (Å²) in [5.41, 5.74) is 1.62. The molecule has 2 fully saturated rings. The van der Waals surface area contributed by atoms with Crippen LogP contribution >= 0.6 is 11.8 Å². The van der Waals surface area contributed by atoms with Gasteiger partial charge in [0, 0.05) is 37.3 Å². The Hall–Kier alpha value is -2.53. The number of piperidine rings is 1. The van der Waals surface area contributed by atoms with Crippen LogP contribution in [0.4, 0.5) is 13.2 Å². The van der Waals surface area contributed by atoms with Gasteiger partial charge >= 0.3 is 6.36 Å². The standard InChI is InChI=1S/C22H24F3N5O2S/c1-13(33-20-28-27-19(29(20)3)18-14(2)26-12-31-18)9-30-10-16-8-21(16,11-30)15-5-4-6-17(7-15)32-22(23,24)25/h4-7,12-13,16H,8-11H2,1-3H3. The molecule has 0 spiro atoms. The molecule has 0 bridgehead atoms. The molecule has 1 saturated heterocycles. The van der Waals surface area contributed by atoms with E-state index in [1.165, 1.54) is 12.5 Å². The minimum absolute atomic E-state index is 0.0723. The smallest absolute Gasteiger partial charge is 0.440 e. The van der Waals surface area contributed by atoms with Gasteiger partial charge < -0.3 is 18.6 Å².